The van der Waals surface area contributed by atoms with Crippen molar-refractivity contribution < 1.29 is 4.79 Å². The van der Waals surface area contributed by atoms with Crippen molar-refractivity contribution in [1.82, 2.24) is 14.9 Å². The third-order valence-electron chi connectivity index (χ3n) is 4.73. The van der Waals surface area contributed by atoms with Crippen LogP contribution in [0.4, 0.5) is 0 Å². The summed E-state index contributed by atoms with van der Waals surface area (Å²) in [4.78, 5) is 22.9. The van der Waals surface area contributed by atoms with Crippen LogP contribution in [0.1, 0.15) is 49.0 Å². The number of piperidine rings is 1. The molecular weight excluding hydrogens is 250 g/mol. The average molecular weight is 269 g/mol. The summed E-state index contributed by atoms with van der Waals surface area (Å²) in [5.41, 5.74) is 2.07. The van der Waals surface area contributed by atoms with Crippen LogP contribution in [0.25, 0.3) is 0 Å². The molecule has 0 N–H and O–H groups in total. The number of hydrogen-bond acceptors (Lipinski definition) is 3. The van der Waals surface area contributed by atoms with Crippen LogP contribution >= 0.6 is 0 Å². The van der Waals surface area contributed by atoms with Crippen LogP contribution in [-0.4, -0.2) is 32.9 Å². The monoisotopic (exact) mass is 269 g/mol. The molecule has 3 aliphatic rings. The van der Waals surface area contributed by atoms with Gasteiger partial charge in [-0.1, -0.05) is 11.6 Å². The largest absolute Gasteiger partial charge is 0.331 e. The van der Waals surface area contributed by atoms with Crippen molar-refractivity contribution >= 4 is 5.91 Å². The lowest BCUT2D eigenvalue weighted by atomic mass is 9.95. The summed E-state index contributed by atoms with van der Waals surface area (Å²) in [5.74, 6) is 0.905. The topological polar surface area (TPSA) is 46.1 Å². The predicted molar refractivity (Wildman–Crippen MR) is 75.1 cm³/mol. The van der Waals surface area contributed by atoms with Crippen LogP contribution < -0.4 is 0 Å². The Morgan fingerprint density at radius 2 is 1.90 bits per heavy atom. The summed E-state index contributed by atoms with van der Waals surface area (Å²) in [5, 5.41) is 0. The molecule has 104 valence electrons. The first-order valence-corrected chi connectivity index (χ1v) is 7.59. The number of nitrogens with zero attached hydrogens (tertiary/aromatic N) is 3. The van der Waals surface area contributed by atoms with E-state index in [0.29, 0.717) is 17.8 Å². The normalized spacial score (nSPS) is 28.6. The minimum absolute atomic E-state index is 0.0658. The molecule has 2 unspecified atom stereocenters. The Labute approximate surface area is 118 Å². The second kappa shape index (κ2) is 4.69. The maximum absolute atomic E-state index is 12.6. The standard InChI is InChI=1S/C16H19N3O/c20-16(15-10-17-5-6-18-15)19-13-3-4-14(19)9-12(8-13)7-11-1-2-11/h5-7,10-11,13-14H,1-4,8-9H2. The molecule has 2 saturated heterocycles. The van der Waals surface area contributed by atoms with Crippen LogP contribution in [0.2, 0.25) is 0 Å². The first-order chi connectivity index (χ1) is 9.81. The first-order valence-electron chi connectivity index (χ1n) is 7.59. The van der Waals surface area contributed by atoms with Gasteiger partial charge in [-0.05, 0) is 44.4 Å². The third kappa shape index (κ3) is 2.13. The van der Waals surface area contributed by atoms with Gasteiger partial charge in [-0.3, -0.25) is 9.78 Å². The molecule has 1 aliphatic carbocycles. The molecule has 0 spiro atoms. The molecule has 1 saturated carbocycles. The van der Waals surface area contributed by atoms with E-state index in [-0.39, 0.29) is 5.91 Å². The number of carbonyl (C=O) groups is 1. The Balaban J connectivity index is 1.54. The van der Waals surface area contributed by atoms with E-state index in [0.717, 1.165) is 31.6 Å². The van der Waals surface area contributed by atoms with E-state index < -0.39 is 0 Å². The molecular formula is C16H19N3O. The molecule has 0 aromatic carbocycles. The second-order valence-corrected chi connectivity index (χ2v) is 6.26. The Hall–Kier alpha value is -1.71. The molecule has 4 nitrogen and oxygen atoms in total. The number of carbonyl (C=O) groups excluding carboxylic acids is 1. The number of aromatic nitrogens is 2. The Kier molecular flexibility index (Phi) is 2.83. The van der Waals surface area contributed by atoms with Gasteiger partial charge in [0.2, 0.25) is 0 Å². The Bertz CT molecular complexity index is 534. The van der Waals surface area contributed by atoms with Crippen molar-refractivity contribution in [3.8, 4) is 0 Å². The zero-order chi connectivity index (χ0) is 13.5. The van der Waals surface area contributed by atoms with E-state index >= 15 is 0 Å². The van der Waals surface area contributed by atoms with Crippen LogP contribution in [0.5, 0.6) is 0 Å². The fourth-order valence-corrected chi connectivity index (χ4v) is 3.66. The number of rotatable bonds is 2. The van der Waals surface area contributed by atoms with E-state index in [1.54, 1.807) is 24.2 Å². The second-order valence-electron chi connectivity index (χ2n) is 6.26. The van der Waals surface area contributed by atoms with Crippen molar-refractivity contribution in [2.75, 3.05) is 0 Å². The van der Waals surface area contributed by atoms with Gasteiger partial charge in [0, 0.05) is 24.5 Å². The van der Waals surface area contributed by atoms with E-state index in [1.807, 2.05) is 0 Å². The van der Waals surface area contributed by atoms with Gasteiger partial charge in [-0.15, -0.1) is 0 Å². The van der Waals surface area contributed by atoms with Gasteiger partial charge in [0.15, 0.2) is 0 Å². The highest BCUT2D eigenvalue weighted by molar-refractivity contribution is 5.92. The summed E-state index contributed by atoms with van der Waals surface area (Å²) in [6.07, 6.45) is 14.4. The van der Waals surface area contributed by atoms with E-state index in [1.165, 1.54) is 12.8 Å². The van der Waals surface area contributed by atoms with Crippen molar-refractivity contribution in [2.24, 2.45) is 5.92 Å². The number of hydrogen-bond donors (Lipinski definition) is 0. The van der Waals surface area contributed by atoms with Gasteiger partial charge in [-0.2, -0.15) is 0 Å². The zero-order valence-electron chi connectivity index (χ0n) is 11.5. The van der Waals surface area contributed by atoms with Gasteiger partial charge in [-0.25, -0.2) is 4.98 Å². The quantitative estimate of drug-likeness (QED) is 0.775. The molecule has 3 fully saturated rings. The highest BCUT2D eigenvalue weighted by Crippen LogP contribution is 2.41. The number of amides is 1. The maximum Gasteiger partial charge on any atom is 0.274 e. The fourth-order valence-electron chi connectivity index (χ4n) is 3.66. The van der Waals surface area contributed by atoms with Crippen molar-refractivity contribution in [3.05, 3.63) is 35.9 Å². The maximum atomic E-state index is 12.6. The minimum Gasteiger partial charge on any atom is -0.331 e. The fraction of sp³-hybridized carbons (Fsp3) is 0.562. The van der Waals surface area contributed by atoms with Crippen LogP contribution in [-0.2, 0) is 0 Å². The highest BCUT2D eigenvalue weighted by Gasteiger charge is 2.42. The van der Waals surface area contributed by atoms with Crippen molar-refractivity contribution in [1.29, 1.82) is 0 Å². The minimum atomic E-state index is 0.0658. The van der Waals surface area contributed by atoms with Gasteiger partial charge in [0.05, 0.1) is 6.20 Å². The number of allylic oxidation sites excluding steroid dienone is 1. The van der Waals surface area contributed by atoms with Crippen LogP contribution in [0.3, 0.4) is 0 Å². The summed E-state index contributed by atoms with van der Waals surface area (Å²) in [6.45, 7) is 0. The van der Waals surface area contributed by atoms with Gasteiger partial charge in [0.1, 0.15) is 5.69 Å². The molecule has 3 heterocycles. The molecule has 2 bridgehead atoms. The zero-order valence-corrected chi connectivity index (χ0v) is 11.5. The van der Waals surface area contributed by atoms with Gasteiger partial charge < -0.3 is 4.90 Å². The summed E-state index contributed by atoms with van der Waals surface area (Å²) in [7, 11) is 0. The third-order valence-corrected chi connectivity index (χ3v) is 4.73. The van der Waals surface area contributed by atoms with E-state index in [4.69, 9.17) is 0 Å². The molecule has 1 aromatic rings. The van der Waals surface area contributed by atoms with Crippen LogP contribution in [0, 0.1) is 5.92 Å². The SMILES string of the molecule is O=C(c1cnccn1)N1C2CCC1CC(=CC1CC1)C2. The molecule has 2 aliphatic heterocycles. The lowest BCUT2D eigenvalue weighted by Gasteiger charge is -2.36. The smallest absolute Gasteiger partial charge is 0.274 e. The highest BCUT2D eigenvalue weighted by atomic mass is 16.2. The molecule has 20 heavy (non-hydrogen) atoms. The molecule has 4 heteroatoms. The Morgan fingerprint density at radius 3 is 2.50 bits per heavy atom. The Morgan fingerprint density at radius 1 is 1.15 bits per heavy atom. The summed E-state index contributed by atoms with van der Waals surface area (Å²) >= 11 is 0. The molecule has 0 radical (unpaired) electrons. The number of fused-ring (bicyclic) bond motifs is 2. The van der Waals surface area contributed by atoms with Crippen molar-refractivity contribution in [3.63, 3.8) is 0 Å². The summed E-state index contributed by atoms with van der Waals surface area (Å²) < 4.78 is 0. The molecule has 4 rings (SSSR count). The van der Waals surface area contributed by atoms with Crippen molar-refractivity contribution in [2.45, 2.75) is 50.6 Å². The predicted octanol–water partition coefficient (Wildman–Crippen LogP) is 2.58. The average Bonchev–Trinajstić information content (AvgIpc) is 3.24. The van der Waals surface area contributed by atoms with E-state index in [2.05, 4.69) is 20.9 Å². The van der Waals surface area contributed by atoms with Gasteiger partial charge in [0.25, 0.3) is 5.91 Å². The van der Waals surface area contributed by atoms with Gasteiger partial charge >= 0.3 is 0 Å². The first kappa shape index (κ1) is 12.1. The lowest BCUT2D eigenvalue weighted by molar-refractivity contribution is 0.0627. The molecule has 1 amide bonds. The molecule has 2 atom stereocenters. The van der Waals surface area contributed by atoms with Crippen LogP contribution in [0.15, 0.2) is 30.2 Å². The van der Waals surface area contributed by atoms with E-state index in [9.17, 15) is 4.79 Å². The summed E-state index contributed by atoms with van der Waals surface area (Å²) in [6, 6.07) is 0.765. The lowest BCUT2D eigenvalue weighted by Crippen LogP contribution is -2.45. The molecule has 1 aromatic heterocycles.